The molecule has 3 nitrogen and oxygen atoms in total. The molecule has 0 spiro atoms. The SMILES string of the molecule is Cc1ccc(C(C)(C)C=O)c(S)c1N1CCOCC1. The van der Waals surface area contributed by atoms with Crippen molar-refractivity contribution in [3.05, 3.63) is 23.3 Å². The Hall–Kier alpha value is -1.00. The van der Waals surface area contributed by atoms with Crippen molar-refractivity contribution >= 4 is 24.6 Å². The quantitative estimate of drug-likeness (QED) is 0.681. The van der Waals surface area contributed by atoms with Crippen LogP contribution >= 0.6 is 12.6 Å². The van der Waals surface area contributed by atoms with Gasteiger partial charge in [0.15, 0.2) is 0 Å². The van der Waals surface area contributed by atoms with E-state index in [4.69, 9.17) is 17.4 Å². The number of ether oxygens (including phenoxy) is 1. The molecular formula is C15H21NO2S. The van der Waals surface area contributed by atoms with E-state index in [1.54, 1.807) is 0 Å². The average Bonchev–Trinajstić information content (AvgIpc) is 2.39. The number of nitrogens with zero attached hydrogens (tertiary/aromatic N) is 1. The van der Waals surface area contributed by atoms with Crippen molar-refractivity contribution in [2.24, 2.45) is 0 Å². The molecule has 1 fully saturated rings. The van der Waals surface area contributed by atoms with Crippen LogP contribution < -0.4 is 4.90 Å². The summed E-state index contributed by atoms with van der Waals surface area (Å²) in [4.78, 5) is 14.5. The highest BCUT2D eigenvalue weighted by molar-refractivity contribution is 7.80. The fraction of sp³-hybridized carbons (Fsp3) is 0.533. The van der Waals surface area contributed by atoms with Crippen molar-refractivity contribution < 1.29 is 9.53 Å². The maximum atomic E-state index is 11.3. The lowest BCUT2D eigenvalue weighted by atomic mass is 9.85. The third-order valence-electron chi connectivity index (χ3n) is 3.67. The lowest BCUT2D eigenvalue weighted by molar-refractivity contribution is -0.111. The van der Waals surface area contributed by atoms with Gasteiger partial charge < -0.3 is 14.4 Å². The molecule has 0 amide bonds. The van der Waals surface area contributed by atoms with Crippen molar-refractivity contribution in [3.8, 4) is 0 Å². The van der Waals surface area contributed by atoms with Gasteiger partial charge in [-0.15, -0.1) is 12.6 Å². The smallest absolute Gasteiger partial charge is 0.130 e. The van der Waals surface area contributed by atoms with E-state index in [9.17, 15) is 4.79 Å². The lowest BCUT2D eigenvalue weighted by Crippen LogP contribution is -2.37. The zero-order chi connectivity index (χ0) is 14.0. The third kappa shape index (κ3) is 2.79. The van der Waals surface area contributed by atoms with Gasteiger partial charge in [0.05, 0.1) is 18.9 Å². The molecule has 0 saturated carbocycles. The van der Waals surface area contributed by atoms with E-state index in [0.29, 0.717) is 0 Å². The predicted octanol–water partition coefficient (Wildman–Crippen LogP) is 2.60. The molecule has 0 unspecified atom stereocenters. The molecule has 0 N–H and O–H groups in total. The van der Waals surface area contributed by atoms with E-state index >= 15 is 0 Å². The molecule has 1 aromatic rings. The van der Waals surface area contributed by atoms with Gasteiger partial charge in [-0.3, -0.25) is 0 Å². The van der Waals surface area contributed by atoms with Gasteiger partial charge in [0.25, 0.3) is 0 Å². The molecular weight excluding hydrogens is 258 g/mol. The minimum atomic E-state index is -0.508. The number of hydrogen-bond acceptors (Lipinski definition) is 4. The van der Waals surface area contributed by atoms with Crippen LogP contribution in [0.15, 0.2) is 17.0 Å². The van der Waals surface area contributed by atoms with E-state index in [0.717, 1.165) is 48.7 Å². The summed E-state index contributed by atoms with van der Waals surface area (Å²) >= 11 is 4.70. The number of thiol groups is 1. The molecule has 4 heteroatoms. The van der Waals surface area contributed by atoms with E-state index in [1.807, 2.05) is 19.9 Å². The number of benzene rings is 1. The normalized spacial score (nSPS) is 16.5. The van der Waals surface area contributed by atoms with Gasteiger partial charge in [-0.05, 0) is 31.9 Å². The highest BCUT2D eigenvalue weighted by atomic mass is 32.1. The first-order valence-corrected chi connectivity index (χ1v) is 7.04. The molecule has 1 heterocycles. The van der Waals surface area contributed by atoms with Crippen molar-refractivity contribution in [2.45, 2.75) is 31.1 Å². The molecule has 0 atom stereocenters. The molecule has 19 heavy (non-hydrogen) atoms. The van der Waals surface area contributed by atoms with Gasteiger partial charge in [0.1, 0.15) is 6.29 Å². The Bertz CT molecular complexity index is 479. The van der Waals surface area contributed by atoms with E-state index in [-0.39, 0.29) is 0 Å². The zero-order valence-corrected chi connectivity index (χ0v) is 12.7. The summed E-state index contributed by atoms with van der Waals surface area (Å²) in [5.74, 6) is 0. The van der Waals surface area contributed by atoms with Gasteiger partial charge >= 0.3 is 0 Å². The molecule has 0 radical (unpaired) electrons. The van der Waals surface area contributed by atoms with Gasteiger partial charge in [-0.2, -0.15) is 0 Å². The summed E-state index contributed by atoms with van der Waals surface area (Å²) in [6, 6.07) is 4.08. The molecule has 0 bridgehead atoms. The van der Waals surface area contributed by atoms with Crippen molar-refractivity contribution in [1.82, 2.24) is 0 Å². The fourth-order valence-electron chi connectivity index (χ4n) is 2.45. The maximum Gasteiger partial charge on any atom is 0.130 e. The molecule has 2 rings (SSSR count). The molecule has 1 saturated heterocycles. The Kier molecular flexibility index (Phi) is 4.21. The Labute approximate surface area is 120 Å². The summed E-state index contributed by atoms with van der Waals surface area (Å²) in [5.41, 5.74) is 2.81. The Morgan fingerprint density at radius 3 is 2.53 bits per heavy atom. The minimum Gasteiger partial charge on any atom is -0.378 e. The number of carbonyl (C=O) groups is 1. The lowest BCUT2D eigenvalue weighted by Gasteiger charge is -2.33. The average molecular weight is 279 g/mol. The number of morpholine rings is 1. The van der Waals surface area contributed by atoms with E-state index in [1.165, 1.54) is 5.56 Å². The standard InChI is InChI=1S/C15H21NO2S/c1-11-4-5-12(15(2,3)10-17)14(19)13(11)16-6-8-18-9-7-16/h4-5,10,19H,6-9H2,1-3H3. The van der Waals surface area contributed by atoms with Crippen LogP contribution in [-0.4, -0.2) is 32.6 Å². The van der Waals surface area contributed by atoms with Crippen LogP contribution in [0.3, 0.4) is 0 Å². The van der Waals surface area contributed by atoms with E-state index < -0.39 is 5.41 Å². The second-order valence-corrected chi connectivity index (χ2v) is 6.01. The second kappa shape index (κ2) is 5.55. The van der Waals surface area contributed by atoms with Gasteiger partial charge in [0.2, 0.25) is 0 Å². The van der Waals surface area contributed by atoms with Crippen molar-refractivity contribution in [2.75, 3.05) is 31.2 Å². The minimum absolute atomic E-state index is 0.508. The number of aldehydes is 1. The Morgan fingerprint density at radius 2 is 1.95 bits per heavy atom. The first-order chi connectivity index (χ1) is 8.97. The van der Waals surface area contributed by atoms with Crippen LogP contribution in [0.2, 0.25) is 0 Å². The Balaban J connectivity index is 2.48. The maximum absolute atomic E-state index is 11.3. The summed E-state index contributed by atoms with van der Waals surface area (Å²) < 4.78 is 5.40. The van der Waals surface area contributed by atoms with Crippen LogP contribution in [0.5, 0.6) is 0 Å². The number of hydrogen-bond donors (Lipinski definition) is 1. The van der Waals surface area contributed by atoms with Crippen molar-refractivity contribution in [3.63, 3.8) is 0 Å². The highest BCUT2D eigenvalue weighted by Crippen LogP contribution is 2.37. The van der Waals surface area contributed by atoms with Gasteiger partial charge in [0, 0.05) is 23.4 Å². The molecule has 1 aliphatic rings. The van der Waals surface area contributed by atoms with Crippen LogP contribution in [-0.2, 0) is 14.9 Å². The summed E-state index contributed by atoms with van der Waals surface area (Å²) in [7, 11) is 0. The molecule has 1 aliphatic heterocycles. The first-order valence-electron chi connectivity index (χ1n) is 6.59. The topological polar surface area (TPSA) is 29.5 Å². The number of aryl methyl sites for hydroxylation is 1. The monoisotopic (exact) mass is 279 g/mol. The molecule has 0 aromatic heterocycles. The summed E-state index contributed by atoms with van der Waals surface area (Å²) in [6.45, 7) is 9.17. The van der Waals surface area contributed by atoms with E-state index in [2.05, 4.69) is 17.9 Å². The summed E-state index contributed by atoms with van der Waals surface area (Å²) in [5, 5.41) is 0. The third-order valence-corrected chi connectivity index (χ3v) is 4.12. The Morgan fingerprint density at radius 1 is 1.32 bits per heavy atom. The number of carbonyl (C=O) groups excluding carboxylic acids is 1. The number of anilines is 1. The van der Waals surface area contributed by atoms with Crippen LogP contribution in [0, 0.1) is 6.92 Å². The number of rotatable bonds is 3. The fourth-order valence-corrected chi connectivity index (χ4v) is 3.13. The molecule has 0 aliphatic carbocycles. The largest absolute Gasteiger partial charge is 0.378 e. The predicted molar refractivity (Wildman–Crippen MR) is 80.6 cm³/mol. The molecule has 104 valence electrons. The summed E-state index contributed by atoms with van der Waals surface area (Å²) in [6.07, 6.45) is 0.987. The highest BCUT2D eigenvalue weighted by Gasteiger charge is 2.26. The van der Waals surface area contributed by atoms with Gasteiger partial charge in [-0.25, -0.2) is 0 Å². The van der Waals surface area contributed by atoms with Crippen LogP contribution in [0.1, 0.15) is 25.0 Å². The first kappa shape index (κ1) is 14.4. The van der Waals surface area contributed by atoms with Gasteiger partial charge in [-0.1, -0.05) is 12.1 Å². The second-order valence-electron chi connectivity index (χ2n) is 5.57. The van der Waals surface area contributed by atoms with Crippen LogP contribution in [0.4, 0.5) is 5.69 Å². The molecule has 1 aromatic carbocycles. The van der Waals surface area contributed by atoms with Crippen molar-refractivity contribution in [1.29, 1.82) is 0 Å². The zero-order valence-electron chi connectivity index (χ0n) is 11.8. The van der Waals surface area contributed by atoms with Crippen LogP contribution in [0.25, 0.3) is 0 Å².